The first kappa shape index (κ1) is 21.8. The summed E-state index contributed by atoms with van der Waals surface area (Å²) in [4.78, 5) is 23.1. The van der Waals surface area contributed by atoms with Crippen LogP contribution >= 0.6 is 0 Å². The topological polar surface area (TPSA) is 71.5 Å². The van der Waals surface area contributed by atoms with E-state index in [0.717, 1.165) is 25.7 Å². The lowest BCUT2D eigenvalue weighted by Crippen LogP contribution is -2.32. The van der Waals surface area contributed by atoms with E-state index in [1.165, 1.54) is 42.4 Å². The minimum Gasteiger partial charge on any atom is -0.295 e. The Morgan fingerprint density at radius 1 is 0.786 bits per heavy atom. The molecule has 0 spiro atoms. The molecule has 0 bridgehead atoms. The molecule has 0 saturated heterocycles. The SMILES string of the molecule is CCCCCCN(c1ccc(C(C)=O)cc1)S(=O)(=O)c1ccc(C(C)=O)cc1. The normalized spacial score (nSPS) is 11.2. The highest BCUT2D eigenvalue weighted by molar-refractivity contribution is 7.92. The number of benzene rings is 2. The number of ketones is 2. The molecule has 0 aliphatic heterocycles. The Morgan fingerprint density at radius 2 is 1.29 bits per heavy atom. The molecular weight excluding hydrogens is 374 g/mol. The van der Waals surface area contributed by atoms with Crippen molar-refractivity contribution in [1.29, 1.82) is 0 Å². The number of anilines is 1. The van der Waals surface area contributed by atoms with Gasteiger partial charge in [0.1, 0.15) is 0 Å². The van der Waals surface area contributed by atoms with Gasteiger partial charge in [-0.15, -0.1) is 0 Å². The second kappa shape index (κ2) is 9.64. The van der Waals surface area contributed by atoms with E-state index in [9.17, 15) is 18.0 Å². The maximum absolute atomic E-state index is 13.3. The number of sulfonamides is 1. The maximum atomic E-state index is 13.3. The van der Waals surface area contributed by atoms with E-state index in [1.807, 2.05) is 0 Å². The fourth-order valence-electron chi connectivity index (χ4n) is 2.92. The van der Waals surface area contributed by atoms with Gasteiger partial charge in [0.25, 0.3) is 10.0 Å². The maximum Gasteiger partial charge on any atom is 0.264 e. The predicted octanol–water partition coefficient (Wildman–Crippen LogP) is 4.87. The molecule has 0 radical (unpaired) electrons. The van der Waals surface area contributed by atoms with Gasteiger partial charge in [0.15, 0.2) is 11.6 Å². The zero-order valence-corrected chi connectivity index (χ0v) is 17.5. The first-order chi connectivity index (χ1) is 13.3. The number of unbranched alkanes of at least 4 members (excludes halogenated alkanes) is 3. The van der Waals surface area contributed by atoms with Crippen LogP contribution in [0.25, 0.3) is 0 Å². The zero-order chi connectivity index (χ0) is 20.7. The average Bonchev–Trinajstić information content (AvgIpc) is 2.68. The highest BCUT2D eigenvalue weighted by Gasteiger charge is 2.25. The molecule has 2 aromatic carbocycles. The third-order valence-corrected chi connectivity index (χ3v) is 6.47. The van der Waals surface area contributed by atoms with Crippen molar-refractivity contribution in [3.63, 3.8) is 0 Å². The van der Waals surface area contributed by atoms with Crippen molar-refractivity contribution in [1.82, 2.24) is 0 Å². The Hall–Kier alpha value is -2.47. The second-order valence-corrected chi connectivity index (χ2v) is 8.68. The highest BCUT2D eigenvalue weighted by Crippen LogP contribution is 2.25. The van der Waals surface area contributed by atoms with Gasteiger partial charge in [0.2, 0.25) is 0 Å². The third-order valence-electron chi connectivity index (χ3n) is 4.63. The van der Waals surface area contributed by atoms with Crippen LogP contribution in [-0.4, -0.2) is 26.5 Å². The molecule has 6 heteroatoms. The van der Waals surface area contributed by atoms with Crippen LogP contribution in [0.3, 0.4) is 0 Å². The van der Waals surface area contributed by atoms with E-state index in [1.54, 1.807) is 24.3 Å². The van der Waals surface area contributed by atoms with Gasteiger partial charge in [0.05, 0.1) is 10.6 Å². The van der Waals surface area contributed by atoms with Crippen LogP contribution in [0.4, 0.5) is 5.69 Å². The molecule has 0 fully saturated rings. The quantitative estimate of drug-likeness (QED) is 0.421. The minimum atomic E-state index is -3.78. The number of hydrogen-bond donors (Lipinski definition) is 0. The fourth-order valence-corrected chi connectivity index (χ4v) is 4.42. The summed E-state index contributed by atoms with van der Waals surface area (Å²) in [6.45, 7) is 5.38. The molecule has 28 heavy (non-hydrogen) atoms. The van der Waals surface area contributed by atoms with Crippen LogP contribution in [-0.2, 0) is 10.0 Å². The van der Waals surface area contributed by atoms with Crippen molar-refractivity contribution in [2.75, 3.05) is 10.8 Å². The summed E-state index contributed by atoms with van der Waals surface area (Å²) in [7, 11) is -3.78. The molecule has 0 saturated carbocycles. The number of rotatable bonds is 10. The van der Waals surface area contributed by atoms with Gasteiger partial charge >= 0.3 is 0 Å². The number of carbonyl (C=O) groups is 2. The van der Waals surface area contributed by atoms with Crippen molar-refractivity contribution in [3.05, 3.63) is 59.7 Å². The van der Waals surface area contributed by atoms with Crippen LogP contribution in [0.15, 0.2) is 53.4 Å². The van der Waals surface area contributed by atoms with Gasteiger partial charge in [-0.25, -0.2) is 8.42 Å². The van der Waals surface area contributed by atoms with Gasteiger partial charge in [-0.2, -0.15) is 0 Å². The summed E-state index contributed by atoms with van der Waals surface area (Å²) >= 11 is 0. The Morgan fingerprint density at radius 3 is 1.75 bits per heavy atom. The van der Waals surface area contributed by atoms with Crippen LogP contribution in [0.2, 0.25) is 0 Å². The molecule has 2 rings (SSSR count). The lowest BCUT2D eigenvalue weighted by Gasteiger charge is -2.25. The number of Topliss-reactive ketones (excluding diaryl/α,β-unsaturated/α-hetero) is 2. The fraction of sp³-hybridized carbons (Fsp3) is 0.364. The van der Waals surface area contributed by atoms with Crippen LogP contribution in [0.5, 0.6) is 0 Å². The first-order valence-electron chi connectivity index (χ1n) is 9.52. The number of carbonyl (C=O) groups excluding carboxylic acids is 2. The second-order valence-electron chi connectivity index (χ2n) is 6.82. The van der Waals surface area contributed by atoms with Gasteiger partial charge < -0.3 is 0 Å². The van der Waals surface area contributed by atoms with Crippen LogP contribution < -0.4 is 4.31 Å². The Labute approximate surface area is 167 Å². The molecule has 0 aliphatic rings. The predicted molar refractivity (Wildman–Crippen MR) is 112 cm³/mol. The Bertz CT molecular complexity index is 916. The van der Waals surface area contributed by atoms with Crippen molar-refractivity contribution in [2.24, 2.45) is 0 Å². The molecule has 0 aromatic heterocycles. The van der Waals surface area contributed by atoms with Crippen molar-refractivity contribution in [3.8, 4) is 0 Å². The smallest absolute Gasteiger partial charge is 0.264 e. The summed E-state index contributed by atoms with van der Waals surface area (Å²) in [5.41, 5.74) is 1.54. The monoisotopic (exact) mass is 401 g/mol. The van der Waals surface area contributed by atoms with Crippen molar-refractivity contribution >= 4 is 27.3 Å². The molecule has 0 amide bonds. The van der Waals surface area contributed by atoms with Crippen LogP contribution in [0, 0.1) is 0 Å². The van der Waals surface area contributed by atoms with Gasteiger partial charge in [-0.3, -0.25) is 13.9 Å². The highest BCUT2D eigenvalue weighted by atomic mass is 32.2. The lowest BCUT2D eigenvalue weighted by atomic mass is 10.1. The summed E-state index contributed by atoms with van der Waals surface area (Å²) in [6, 6.07) is 12.6. The van der Waals surface area contributed by atoms with Gasteiger partial charge in [-0.05, 0) is 56.7 Å². The molecule has 0 atom stereocenters. The molecule has 5 nitrogen and oxygen atoms in total. The molecule has 0 heterocycles. The molecule has 0 aliphatic carbocycles. The zero-order valence-electron chi connectivity index (χ0n) is 16.6. The van der Waals surface area contributed by atoms with E-state index >= 15 is 0 Å². The molecular formula is C22H27NO4S. The number of hydrogen-bond acceptors (Lipinski definition) is 4. The Balaban J connectivity index is 2.38. The summed E-state index contributed by atoms with van der Waals surface area (Å²) in [5.74, 6) is -0.177. The van der Waals surface area contributed by atoms with Crippen molar-refractivity contribution < 1.29 is 18.0 Å². The molecule has 150 valence electrons. The molecule has 0 N–H and O–H groups in total. The van der Waals surface area contributed by atoms with Crippen LogP contribution in [0.1, 0.15) is 67.2 Å². The Kier molecular flexibility index (Phi) is 7.52. The largest absolute Gasteiger partial charge is 0.295 e. The molecule has 0 unspecified atom stereocenters. The first-order valence-corrected chi connectivity index (χ1v) is 11.0. The lowest BCUT2D eigenvalue weighted by molar-refractivity contribution is 0.100. The van der Waals surface area contributed by atoms with E-state index in [2.05, 4.69) is 6.92 Å². The summed E-state index contributed by atoms with van der Waals surface area (Å²) in [6.07, 6.45) is 3.79. The van der Waals surface area contributed by atoms with E-state index in [4.69, 9.17) is 0 Å². The average molecular weight is 402 g/mol. The van der Waals surface area contributed by atoms with Gasteiger partial charge in [-0.1, -0.05) is 38.3 Å². The van der Waals surface area contributed by atoms with Gasteiger partial charge in [0, 0.05) is 17.7 Å². The standard InChI is InChI=1S/C22H27NO4S/c1-4-5-6-7-16-23(21-12-8-19(9-13-21)17(2)24)28(26,27)22-14-10-20(11-15-22)18(3)25/h8-15H,4-7,16H2,1-3H3. The van der Waals surface area contributed by atoms with E-state index < -0.39 is 10.0 Å². The third kappa shape index (κ3) is 5.29. The van der Waals surface area contributed by atoms with E-state index in [0.29, 0.717) is 23.4 Å². The summed E-state index contributed by atoms with van der Waals surface area (Å²) in [5, 5.41) is 0. The number of nitrogens with zero attached hydrogens (tertiary/aromatic N) is 1. The van der Waals surface area contributed by atoms with E-state index in [-0.39, 0.29) is 16.5 Å². The van der Waals surface area contributed by atoms with Crippen molar-refractivity contribution in [2.45, 2.75) is 51.3 Å². The minimum absolute atomic E-state index is 0.0660. The summed E-state index contributed by atoms with van der Waals surface area (Å²) < 4.78 is 27.9. The molecule has 2 aromatic rings.